The number of hydrogen-bond donors (Lipinski definition) is 0. The van der Waals surface area contributed by atoms with Gasteiger partial charge in [0.15, 0.2) is 5.16 Å². The van der Waals surface area contributed by atoms with Gasteiger partial charge < -0.3 is 4.74 Å². The first kappa shape index (κ1) is 18.0. The highest BCUT2D eigenvalue weighted by molar-refractivity contribution is 8.00. The number of nitriles is 1. The second-order valence-corrected chi connectivity index (χ2v) is 7.12. The largest absolute Gasteiger partial charge is 0.465 e. The molecular weight excluding hydrogens is 326 g/mol. The molecule has 0 aliphatic carbocycles. The van der Waals surface area contributed by atoms with E-state index < -0.39 is 5.97 Å². The van der Waals surface area contributed by atoms with E-state index in [9.17, 15) is 9.59 Å². The van der Waals surface area contributed by atoms with Crippen LogP contribution in [0.4, 0.5) is 0 Å². The normalized spacial score (nSPS) is 12.2. The highest BCUT2D eigenvalue weighted by Gasteiger charge is 2.16. The lowest BCUT2D eigenvalue weighted by Crippen LogP contribution is -2.26. The van der Waals surface area contributed by atoms with Gasteiger partial charge >= 0.3 is 5.97 Å². The highest BCUT2D eigenvalue weighted by Crippen LogP contribution is 2.23. The quantitative estimate of drug-likeness (QED) is 0.470. The predicted octanol–water partition coefficient (Wildman–Crippen LogP) is 2.84. The van der Waals surface area contributed by atoms with Crippen LogP contribution in [0.25, 0.3) is 10.9 Å². The van der Waals surface area contributed by atoms with E-state index in [1.54, 1.807) is 29.7 Å². The minimum Gasteiger partial charge on any atom is -0.465 e. The second-order valence-electron chi connectivity index (χ2n) is 5.82. The van der Waals surface area contributed by atoms with Gasteiger partial charge in [-0.15, -0.1) is 0 Å². The Bertz CT molecular complexity index is 868. The van der Waals surface area contributed by atoms with Crippen molar-refractivity contribution in [3.05, 3.63) is 34.1 Å². The van der Waals surface area contributed by atoms with E-state index in [0.717, 1.165) is 0 Å². The van der Waals surface area contributed by atoms with Crippen LogP contribution in [0.3, 0.4) is 0 Å². The molecule has 0 fully saturated rings. The average molecular weight is 345 g/mol. The molecule has 6 nitrogen and oxygen atoms in total. The van der Waals surface area contributed by atoms with E-state index in [1.165, 1.54) is 18.9 Å². The van der Waals surface area contributed by atoms with Gasteiger partial charge in [-0.1, -0.05) is 25.6 Å². The highest BCUT2D eigenvalue weighted by atomic mass is 32.2. The molecule has 1 heterocycles. The molecule has 0 aliphatic heterocycles. The van der Waals surface area contributed by atoms with E-state index in [4.69, 9.17) is 10.00 Å². The van der Waals surface area contributed by atoms with Gasteiger partial charge in [0.2, 0.25) is 0 Å². The van der Waals surface area contributed by atoms with Crippen molar-refractivity contribution < 1.29 is 9.53 Å². The van der Waals surface area contributed by atoms with Crippen molar-refractivity contribution in [3.8, 4) is 6.07 Å². The molecule has 0 N–H and O–H groups in total. The molecule has 1 atom stereocenters. The molecule has 7 heteroatoms. The van der Waals surface area contributed by atoms with Crippen LogP contribution in [-0.4, -0.2) is 27.9 Å². The zero-order valence-electron chi connectivity index (χ0n) is 14.1. The third-order valence-electron chi connectivity index (χ3n) is 3.35. The summed E-state index contributed by atoms with van der Waals surface area (Å²) in [5.74, 6) is -0.224. The molecule has 24 heavy (non-hydrogen) atoms. The van der Waals surface area contributed by atoms with Gasteiger partial charge in [-0.05, 0) is 31.0 Å². The summed E-state index contributed by atoms with van der Waals surface area (Å²) in [7, 11) is 1.30. The van der Waals surface area contributed by atoms with Gasteiger partial charge in [-0.25, -0.2) is 9.78 Å². The van der Waals surface area contributed by atoms with Crippen LogP contribution in [0.2, 0.25) is 0 Å². The Morgan fingerprint density at radius 1 is 1.42 bits per heavy atom. The molecule has 0 saturated carbocycles. The van der Waals surface area contributed by atoms with E-state index in [2.05, 4.69) is 11.1 Å². The minimum atomic E-state index is -0.482. The summed E-state index contributed by atoms with van der Waals surface area (Å²) in [5, 5.41) is 9.64. The molecule has 0 spiro atoms. The summed E-state index contributed by atoms with van der Waals surface area (Å²) in [6.45, 7) is 6.30. The topological polar surface area (TPSA) is 85.0 Å². The summed E-state index contributed by atoms with van der Waals surface area (Å²) in [6.07, 6.45) is 0. The standard InChI is InChI=1S/C17H19N3O3S/c1-10(2)9-20-15(21)13-6-5-12(16(22)23-4)7-14(13)19-17(20)24-11(3)8-18/h5-7,10-11H,9H2,1-4H3/t11-/m0/s1. The predicted molar refractivity (Wildman–Crippen MR) is 93.1 cm³/mol. The first-order valence-corrected chi connectivity index (χ1v) is 8.44. The van der Waals surface area contributed by atoms with Crippen LogP contribution in [0.5, 0.6) is 0 Å². The van der Waals surface area contributed by atoms with Crippen LogP contribution in [0, 0.1) is 17.2 Å². The molecule has 0 radical (unpaired) electrons. The Labute approximate surface area is 144 Å². The summed E-state index contributed by atoms with van der Waals surface area (Å²) in [4.78, 5) is 29.0. The summed E-state index contributed by atoms with van der Waals surface area (Å²) in [6, 6.07) is 6.83. The van der Waals surface area contributed by atoms with Gasteiger partial charge in [0.05, 0.1) is 34.9 Å². The maximum Gasteiger partial charge on any atom is 0.337 e. The van der Waals surface area contributed by atoms with Crippen LogP contribution < -0.4 is 5.56 Å². The lowest BCUT2D eigenvalue weighted by Gasteiger charge is -2.15. The van der Waals surface area contributed by atoms with E-state index in [0.29, 0.717) is 28.2 Å². The number of fused-ring (bicyclic) bond motifs is 1. The Morgan fingerprint density at radius 3 is 2.71 bits per heavy atom. The Balaban J connectivity index is 2.67. The van der Waals surface area contributed by atoms with Crippen LogP contribution in [-0.2, 0) is 11.3 Å². The molecular formula is C17H19N3O3S. The van der Waals surface area contributed by atoms with E-state index in [1.807, 2.05) is 13.8 Å². The SMILES string of the molecule is COC(=O)c1ccc2c(=O)n(CC(C)C)c(S[C@@H](C)C#N)nc2c1. The molecule has 0 bridgehead atoms. The zero-order valence-corrected chi connectivity index (χ0v) is 14.9. The fraction of sp³-hybridized carbons (Fsp3) is 0.412. The molecule has 1 aromatic carbocycles. The van der Waals surface area contributed by atoms with Gasteiger partial charge in [-0.3, -0.25) is 9.36 Å². The number of methoxy groups -OCH3 is 1. The first-order valence-electron chi connectivity index (χ1n) is 7.56. The Kier molecular flexibility index (Phi) is 5.62. The van der Waals surface area contributed by atoms with Crippen LogP contribution >= 0.6 is 11.8 Å². The number of aromatic nitrogens is 2. The van der Waals surface area contributed by atoms with Crippen LogP contribution in [0.1, 0.15) is 31.1 Å². The van der Waals surface area contributed by atoms with Gasteiger partial charge in [0, 0.05) is 6.54 Å². The van der Waals surface area contributed by atoms with Gasteiger partial charge in [-0.2, -0.15) is 5.26 Å². The van der Waals surface area contributed by atoms with Crippen molar-refractivity contribution in [1.29, 1.82) is 5.26 Å². The van der Waals surface area contributed by atoms with Crippen molar-refractivity contribution >= 4 is 28.6 Å². The molecule has 1 aromatic heterocycles. The van der Waals surface area contributed by atoms with Crippen molar-refractivity contribution in [1.82, 2.24) is 9.55 Å². The van der Waals surface area contributed by atoms with Gasteiger partial charge in [0.1, 0.15) is 0 Å². The lowest BCUT2D eigenvalue weighted by atomic mass is 10.1. The Morgan fingerprint density at radius 2 is 2.12 bits per heavy atom. The molecule has 126 valence electrons. The lowest BCUT2D eigenvalue weighted by molar-refractivity contribution is 0.0601. The number of rotatable bonds is 5. The van der Waals surface area contributed by atoms with E-state index in [-0.39, 0.29) is 16.7 Å². The number of hydrogen-bond acceptors (Lipinski definition) is 6. The number of thioether (sulfide) groups is 1. The van der Waals surface area contributed by atoms with Crippen LogP contribution in [0.15, 0.2) is 28.2 Å². The summed E-state index contributed by atoms with van der Waals surface area (Å²) < 4.78 is 6.31. The molecule has 0 saturated heterocycles. The summed E-state index contributed by atoms with van der Waals surface area (Å²) >= 11 is 1.24. The fourth-order valence-corrected chi connectivity index (χ4v) is 3.05. The molecule has 0 amide bonds. The number of benzene rings is 1. The molecule has 2 aromatic rings. The zero-order chi connectivity index (χ0) is 17.9. The maximum absolute atomic E-state index is 12.8. The van der Waals surface area contributed by atoms with Crippen molar-refractivity contribution in [2.24, 2.45) is 5.92 Å². The number of carbonyl (C=O) groups excluding carboxylic acids is 1. The average Bonchev–Trinajstić information content (AvgIpc) is 2.56. The molecule has 0 unspecified atom stereocenters. The smallest absolute Gasteiger partial charge is 0.337 e. The molecule has 0 aliphatic rings. The third-order valence-corrected chi connectivity index (χ3v) is 4.33. The molecule has 2 rings (SSSR count). The van der Waals surface area contributed by atoms with Crippen molar-refractivity contribution in [3.63, 3.8) is 0 Å². The fourth-order valence-electron chi connectivity index (χ4n) is 2.25. The van der Waals surface area contributed by atoms with Crippen molar-refractivity contribution in [2.45, 2.75) is 37.7 Å². The Hall–Kier alpha value is -2.33. The third kappa shape index (κ3) is 3.77. The number of ether oxygens (including phenoxy) is 1. The number of nitrogens with zero attached hydrogens (tertiary/aromatic N) is 3. The monoisotopic (exact) mass is 345 g/mol. The summed E-state index contributed by atoms with van der Waals surface area (Å²) in [5.41, 5.74) is 0.594. The first-order chi connectivity index (χ1) is 11.4. The van der Waals surface area contributed by atoms with Crippen molar-refractivity contribution in [2.75, 3.05) is 7.11 Å². The van der Waals surface area contributed by atoms with E-state index >= 15 is 0 Å². The van der Waals surface area contributed by atoms with Gasteiger partial charge in [0.25, 0.3) is 5.56 Å². The number of carbonyl (C=O) groups is 1. The number of esters is 1. The minimum absolute atomic E-state index is 0.169. The maximum atomic E-state index is 12.8. The second kappa shape index (κ2) is 7.49.